The number of benzene rings is 2. The number of methoxy groups -OCH3 is 1. The average Bonchev–Trinajstić information content (AvgIpc) is 3.41. The molecule has 0 atom stereocenters. The van der Waals surface area contributed by atoms with Crippen molar-refractivity contribution >= 4 is 45.7 Å². The molecule has 0 saturated heterocycles. The second kappa shape index (κ2) is 9.63. The molecule has 0 radical (unpaired) electrons. The van der Waals surface area contributed by atoms with Crippen molar-refractivity contribution in [2.75, 3.05) is 12.4 Å². The van der Waals surface area contributed by atoms with Crippen LogP contribution < -0.4 is 10.1 Å². The SMILES string of the molecule is COc1cn(-c2ccc(F)cc2)nc1C(=O)Nc1nnc(SCc2c(F)cccc2Cl)s1. The normalized spacial score (nSPS) is 10.9. The van der Waals surface area contributed by atoms with Gasteiger partial charge in [0.05, 0.1) is 19.0 Å². The zero-order chi connectivity index (χ0) is 22.7. The molecule has 0 saturated carbocycles. The molecule has 0 spiro atoms. The first-order valence-electron chi connectivity index (χ1n) is 9.04. The summed E-state index contributed by atoms with van der Waals surface area (Å²) in [5.41, 5.74) is 0.959. The van der Waals surface area contributed by atoms with Crippen LogP contribution in [0.2, 0.25) is 5.02 Å². The van der Waals surface area contributed by atoms with E-state index in [4.69, 9.17) is 16.3 Å². The smallest absolute Gasteiger partial charge is 0.281 e. The third-order valence-electron chi connectivity index (χ3n) is 4.24. The van der Waals surface area contributed by atoms with Crippen LogP contribution in [0, 0.1) is 11.6 Å². The van der Waals surface area contributed by atoms with Crippen LogP contribution in [-0.2, 0) is 5.75 Å². The topological polar surface area (TPSA) is 81.9 Å². The minimum absolute atomic E-state index is 0.0272. The average molecular weight is 494 g/mol. The zero-order valence-electron chi connectivity index (χ0n) is 16.4. The maximum atomic E-state index is 13.9. The van der Waals surface area contributed by atoms with E-state index < -0.39 is 11.7 Å². The van der Waals surface area contributed by atoms with Gasteiger partial charge < -0.3 is 4.74 Å². The fraction of sp³-hybridized carbons (Fsp3) is 0.100. The molecule has 32 heavy (non-hydrogen) atoms. The molecule has 7 nitrogen and oxygen atoms in total. The van der Waals surface area contributed by atoms with Crippen molar-refractivity contribution in [1.82, 2.24) is 20.0 Å². The highest BCUT2D eigenvalue weighted by Gasteiger charge is 2.20. The summed E-state index contributed by atoms with van der Waals surface area (Å²) in [7, 11) is 1.41. The lowest BCUT2D eigenvalue weighted by atomic mass is 10.2. The van der Waals surface area contributed by atoms with E-state index in [0.29, 0.717) is 20.6 Å². The summed E-state index contributed by atoms with van der Waals surface area (Å²) in [5, 5.41) is 15.4. The van der Waals surface area contributed by atoms with Crippen LogP contribution in [0.1, 0.15) is 16.1 Å². The monoisotopic (exact) mass is 493 g/mol. The van der Waals surface area contributed by atoms with E-state index in [1.165, 1.54) is 66.1 Å². The van der Waals surface area contributed by atoms with Gasteiger partial charge in [-0.05, 0) is 36.4 Å². The number of hydrogen-bond acceptors (Lipinski definition) is 7. The summed E-state index contributed by atoms with van der Waals surface area (Å²) in [4.78, 5) is 12.7. The molecule has 0 aliphatic carbocycles. The van der Waals surface area contributed by atoms with E-state index in [1.54, 1.807) is 6.07 Å². The third-order valence-corrected chi connectivity index (χ3v) is 6.59. The second-order valence-electron chi connectivity index (χ2n) is 6.28. The molecule has 2 aromatic heterocycles. The first kappa shape index (κ1) is 22.2. The van der Waals surface area contributed by atoms with E-state index >= 15 is 0 Å². The molecule has 164 valence electrons. The molecule has 0 bridgehead atoms. The number of thioether (sulfide) groups is 1. The van der Waals surface area contributed by atoms with Gasteiger partial charge in [-0.25, -0.2) is 13.5 Å². The largest absolute Gasteiger partial charge is 0.493 e. The van der Waals surface area contributed by atoms with E-state index in [2.05, 4.69) is 20.6 Å². The summed E-state index contributed by atoms with van der Waals surface area (Å²) in [5.74, 6) is -0.822. The Bertz CT molecular complexity index is 1240. The van der Waals surface area contributed by atoms with Gasteiger partial charge in [0.1, 0.15) is 11.6 Å². The van der Waals surface area contributed by atoms with Crippen LogP contribution in [0.4, 0.5) is 13.9 Å². The number of amides is 1. The highest BCUT2D eigenvalue weighted by Crippen LogP contribution is 2.32. The first-order valence-corrected chi connectivity index (χ1v) is 11.2. The molecule has 2 heterocycles. The predicted molar refractivity (Wildman–Crippen MR) is 119 cm³/mol. The van der Waals surface area contributed by atoms with Gasteiger partial charge in [-0.1, -0.05) is 40.8 Å². The van der Waals surface area contributed by atoms with Crippen LogP contribution in [0.3, 0.4) is 0 Å². The molecule has 1 N–H and O–H groups in total. The Kier molecular flexibility index (Phi) is 6.68. The van der Waals surface area contributed by atoms with Gasteiger partial charge in [-0.3, -0.25) is 10.1 Å². The van der Waals surface area contributed by atoms with Gasteiger partial charge in [-0.15, -0.1) is 10.2 Å². The molecule has 1 amide bonds. The van der Waals surface area contributed by atoms with Crippen LogP contribution in [0.5, 0.6) is 5.75 Å². The van der Waals surface area contributed by atoms with Crippen LogP contribution in [0.25, 0.3) is 5.69 Å². The first-order chi connectivity index (χ1) is 15.4. The van der Waals surface area contributed by atoms with Crippen molar-refractivity contribution in [3.8, 4) is 11.4 Å². The van der Waals surface area contributed by atoms with E-state index in [0.717, 1.165) is 11.3 Å². The van der Waals surface area contributed by atoms with Crippen molar-refractivity contribution in [2.24, 2.45) is 0 Å². The molecule has 0 fully saturated rings. The highest BCUT2D eigenvalue weighted by atomic mass is 35.5. The quantitative estimate of drug-likeness (QED) is 0.281. The number of rotatable bonds is 7. The molecule has 0 aliphatic rings. The Balaban J connectivity index is 1.45. The maximum absolute atomic E-state index is 13.9. The number of carbonyl (C=O) groups excluding carboxylic acids is 1. The van der Waals surface area contributed by atoms with Gasteiger partial charge in [-0.2, -0.15) is 5.10 Å². The number of aromatic nitrogens is 4. The number of nitrogens with one attached hydrogen (secondary N) is 1. The molecule has 0 aliphatic heterocycles. The molecule has 0 unspecified atom stereocenters. The Morgan fingerprint density at radius 3 is 2.72 bits per heavy atom. The number of halogens is 3. The van der Waals surface area contributed by atoms with Crippen molar-refractivity contribution in [3.63, 3.8) is 0 Å². The van der Waals surface area contributed by atoms with E-state index in [9.17, 15) is 13.6 Å². The zero-order valence-corrected chi connectivity index (χ0v) is 18.8. The molecule has 2 aromatic carbocycles. The lowest BCUT2D eigenvalue weighted by Crippen LogP contribution is -2.14. The molecular formula is C20H14ClF2N5O2S2. The van der Waals surface area contributed by atoms with Gasteiger partial charge in [0, 0.05) is 16.3 Å². The third kappa shape index (κ3) is 4.90. The minimum atomic E-state index is -0.549. The Labute approximate surface area is 194 Å². The molecular weight excluding hydrogens is 480 g/mol. The Morgan fingerprint density at radius 1 is 1.22 bits per heavy atom. The van der Waals surface area contributed by atoms with Crippen molar-refractivity contribution in [2.45, 2.75) is 10.1 Å². The number of ether oxygens (including phenoxy) is 1. The lowest BCUT2D eigenvalue weighted by molar-refractivity contribution is 0.101. The van der Waals surface area contributed by atoms with Gasteiger partial charge in [0.2, 0.25) is 5.13 Å². The van der Waals surface area contributed by atoms with E-state index in [1.807, 2.05) is 0 Å². The summed E-state index contributed by atoms with van der Waals surface area (Å²) in [6.07, 6.45) is 1.52. The highest BCUT2D eigenvalue weighted by molar-refractivity contribution is 8.00. The molecule has 12 heteroatoms. The van der Waals surface area contributed by atoms with Crippen molar-refractivity contribution in [3.05, 3.63) is 76.6 Å². The van der Waals surface area contributed by atoms with Gasteiger partial charge in [0.15, 0.2) is 15.8 Å². The van der Waals surface area contributed by atoms with E-state index in [-0.39, 0.29) is 28.1 Å². The van der Waals surface area contributed by atoms with Crippen LogP contribution in [-0.4, -0.2) is 33.0 Å². The van der Waals surface area contributed by atoms with Crippen molar-refractivity contribution in [1.29, 1.82) is 0 Å². The molecule has 4 aromatic rings. The van der Waals surface area contributed by atoms with Gasteiger partial charge in [0.25, 0.3) is 5.91 Å². The Hall–Kier alpha value is -3.02. The fourth-order valence-corrected chi connectivity index (χ4v) is 4.76. The summed E-state index contributed by atoms with van der Waals surface area (Å²) in [6.45, 7) is 0. The van der Waals surface area contributed by atoms with Crippen molar-refractivity contribution < 1.29 is 18.3 Å². The second-order valence-corrected chi connectivity index (χ2v) is 8.89. The maximum Gasteiger partial charge on any atom is 0.281 e. The van der Waals surface area contributed by atoms with Crippen LogP contribution in [0.15, 0.2) is 53.0 Å². The summed E-state index contributed by atoms with van der Waals surface area (Å²) < 4.78 is 34.2. The predicted octanol–water partition coefficient (Wildman–Crippen LogP) is 5.21. The fourth-order valence-electron chi connectivity index (χ4n) is 2.67. The summed E-state index contributed by atoms with van der Waals surface area (Å²) in [6, 6.07) is 10.1. The number of nitrogens with zero attached hydrogens (tertiary/aromatic N) is 4. The number of hydrogen-bond donors (Lipinski definition) is 1. The molecule has 4 rings (SSSR count). The summed E-state index contributed by atoms with van der Waals surface area (Å²) >= 11 is 8.42. The standard InChI is InChI=1S/C20H14ClF2N5O2S2/c1-30-16-9-28(12-7-5-11(22)6-8-12)27-17(16)18(29)24-19-25-26-20(32-19)31-10-13-14(21)3-2-4-15(13)23/h2-9H,10H2,1H3,(H,24,25,29). The lowest BCUT2D eigenvalue weighted by Gasteiger charge is -2.03. The van der Waals surface area contributed by atoms with Crippen LogP contribution >= 0.6 is 34.7 Å². The Morgan fingerprint density at radius 2 is 2.00 bits per heavy atom. The number of carbonyl (C=O) groups is 1. The number of anilines is 1. The minimum Gasteiger partial charge on any atom is -0.493 e. The van der Waals surface area contributed by atoms with Gasteiger partial charge >= 0.3 is 0 Å².